The molecule has 10 rings (SSSR count). The number of hydrogen-bond acceptors (Lipinski definition) is 10. The van der Waals surface area contributed by atoms with Gasteiger partial charge < -0.3 is 44.6 Å². The van der Waals surface area contributed by atoms with Gasteiger partial charge in [0, 0.05) is 61.4 Å². The van der Waals surface area contributed by atoms with Crippen molar-refractivity contribution in [2.45, 2.75) is 62.7 Å². The minimum Gasteiger partial charge on any atom is -0.453 e. The zero-order chi connectivity index (χ0) is 45.3. The van der Waals surface area contributed by atoms with Crippen LogP contribution in [0.2, 0.25) is 0 Å². The molecule has 16 heteroatoms. The number of aromatic amines is 2. The molecule has 7 aromatic rings. The second kappa shape index (κ2) is 18.3. The fourth-order valence-corrected chi connectivity index (χ4v) is 10.0. The molecular formula is C50H51N9O7. The molecule has 338 valence electrons. The predicted octanol–water partition coefficient (Wildman–Crippen LogP) is 7.90. The minimum absolute atomic E-state index is 0.0372. The Labute approximate surface area is 380 Å². The highest BCUT2D eigenvalue weighted by molar-refractivity contribution is 6.06. The van der Waals surface area contributed by atoms with Crippen molar-refractivity contribution in [3.63, 3.8) is 0 Å². The molecule has 4 aromatic carbocycles. The quantitative estimate of drug-likeness (QED) is 0.105. The summed E-state index contributed by atoms with van der Waals surface area (Å²) in [6, 6.07) is 24.7. The number of carbonyl (C=O) groups is 4. The normalized spacial score (nSPS) is 18.7. The van der Waals surface area contributed by atoms with Crippen LogP contribution in [0.5, 0.6) is 0 Å². The number of pyridine rings is 1. The van der Waals surface area contributed by atoms with Crippen LogP contribution < -0.4 is 10.6 Å². The molecule has 4 amide bonds. The highest BCUT2D eigenvalue weighted by Gasteiger charge is 2.41. The number of benzene rings is 4. The summed E-state index contributed by atoms with van der Waals surface area (Å²) >= 11 is 0. The first-order valence-corrected chi connectivity index (χ1v) is 22.6. The molecule has 66 heavy (non-hydrogen) atoms. The van der Waals surface area contributed by atoms with E-state index in [1.54, 1.807) is 29.4 Å². The van der Waals surface area contributed by atoms with E-state index in [4.69, 9.17) is 24.2 Å². The SMILES string of the molecule is COC(=O)NC(C(=O)N1CCC[C@H]1c1nc(-c2ccc3cc(-c4ccc5c(ccc6nc([C@@H]7CCCN7C(=O)C(NC(=O)OC)C7CCOCC7)[nH]c65)c4)ccc3c2)c[nH]1)c1cccnc1. The average Bonchev–Trinajstić information content (AvgIpc) is 4.21. The van der Waals surface area contributed by atoms with Gasteiger partial charge in [-0.3, -0.25) is 14.6 Å². The Bertz CT molecular complexity index is 2950. The Balaban J connectivity index is 0.858. The zero-order valence-electron chi connectivity index (χ0n) is 36.8. The lowest BCUT2D eigenvalue weighted by molar-refractivity contribution is -0.137. The molecule has 3 saturated heterocycles. The number of hydrogen-bond donors (Lipinski definition) is 4. The van der Waals surface area contributed by atoms with Crippen LogP contribution in [0.1, 0.15) is 73.9 Å². The van der Waals surface area contributed by atoms with Gasteiger partial charge in [-0.2, -0.15) is 0 Å². The van der Waals surface area contributed by atoms with Crippen molar-refractivity contribution < 1.29 is 33.4 Å². The maximum atomic E-state index is 14.1. The number of likely N-dealkylation sites (tertiary alicyclic amines) is 2. The lowest BCUT2D eigenvalue weighted by Gasteiger charge is -2.34. The van der Waals surface area contributed by atoms with Crippen LogP contribution in [-0.4, -0.2) is 105 Å². The van der Waals surface area contributed by atoms with Gasteiger partial charge in [-0.25, -0.2) is 19.6 Å². The van der Waals surface area contributed by atoms with E-state index >= 15 is 0 Å². The Kier molecular flexibility index (Phi) is 11.8. The molecule has 3 fully saturated rings. The molecule has 0 aliphatic carbocycles. The van der Waals surface area contributed by atoms with Crippen LogP contribution in [0.3, 0.4) is 0 Å². The Morgan fingerprint density at radius 3 is 2.11 bits per heavy atom. The van der Waals surface area contributed by atoms with Gasteiger partial charge in [0.15, 0.2) is 0 Å². The number of methoxy groups -OCH3 is 2. The van der Waals surface area contributed by atoms with Gasteiger partial charge in [-0.1, -0.05) is 48.5 Å². The molecule has 0 bridgehead atoms. The van der Waals surface area contributed by atoms with Gasteiger partial charge in [0.1, 0.15) is 23.7 Å². The number of aromatic nitrogens is 5. The van der Waals surface area contributed by atoms with Crippen molar-refractivity contribution in [3.8, 4) is 22.4 Å². The number of ether oxygens (including phenoxy) is 3. The standard InChI is InChI=1S/C50H51N9O7/c1-64-49(62)56-42(29-17-22-66-23-18-29)47(60)59-21-5-8-41(59)46-53-38-16-14-34-25-33(13-15-37(34)44(38)55-46)30-9-10-32-26-35(12-11-31(32)24-30)39-28-52-45(54-39)40-7-4-20-58(40)48(61)43(57-50(63)65-2)36-6-3-19-51-27-36/h3,6,9-16,19,24-29,40-43H,4-5,7-8,17-18,20-23H2,1-2H3,(H,52,54)(H,53,55)(H,56,62)(H,57,63)/t40-,41-,42?,43?/m0/s1. The Morgan fingerprint density at radius 2 is 1.38 bits per heavy atom. The molecule has 4 atom stereocenters. The number of amides is 4. The van der Waals surface area contributed by atoms with Crippen molar-refractivity contribution in [3.05, 3.63) is 115 Å². The van der Waals surface area contributed by atoms with Crippen molar-refractivity contribution >= 4 is 56.6 Å². The van der Waals surface area contributed by atoms with Crippen molar-refractivity contribution in [2.75, 3.05) is 40.5 Å². The number of nitrogens with zero attached hydrogens (tertiary/aromatic N) is 5. The average molecular weight is 890 g/mol. The highest BCUT2D eigenvalue weighted by Crippen LogP contribution is 2.38. The van der Waals surface area contributed by atoms with E-state index in [9.17, 15) is 19.2 Å². The maximum Gasteiger partial charge on any atom is 0.407 e. The third kappa shape index (κ3) is 8.28. The van der Waals surface area contributed by atoms with E-state index in [-0.39, 0.29) is 29.8 Å². The maximum absolute atomic E-state index is 14.1. The first-order valence-electron chi connectivity index (χ1n) is 22.6. The second-order valence-electron chi connectivity index (χ2n) is 17.3. The van der Waals surface area contributed by atoms with E-state index in [1.807, 2.05) is 17.2 Å². The van der Waals surface area contributed by atoms with Crippen molar-refractivity contribution in [2.24, 2.45) is 5.92 Å². The van der Waals surface area contributed by atoms with Crippen LogP contribution >= 0.6 is 0 Å². The second-order valence-corrected chi connectivity index (χ2v) is 17.3. The van der Waals surface area contributed by atoms with Crippen LogP contribution in [0.25, 0.3) is 55.0 Å². The van der Waals surface area contributed by atoms with E-state index in [0.29, 0.717) is 50.5 Å². The summed E-state index contributed by atoms with van der Waals surface area (Å²) in [7, 11) is 2.58. The van der Waals surface area contributed by atoms with Gasteiger partial charge in [0.25, 0.3) is 5.91 Å². The predicted molar refractivity (Wildman–Crippen MR) is 247 cm³/mol. The molecule has 16 nitrogen and oxygen atoms in total. The van der Waals surface area contributed by atoms with Crippen LogP contribution in [0, 0.1) is 5.92 Å². The Hall–Kier alpha value is -7.33. The molecule has 0 radical (unpaired) electrons. The number of H-pyrrole nitrogens is 2. The number of fused-ring (bicyclic) bond motifs is 4. The lowest BCUT2D eigenvalue weighted by Crippen LogP contribution is -2.53. The first-order chi connectivity index (χ1) is 32.3. The zero-order valence-corrected chi connectivity index (χ0v) is 36.8. The summed E-state index contributed by atoms with van der Waals surface area (Å²) in [5, 5.41) is 9.78. The largest absolute Gasteiger partial charge is 0.453 e. The molecule has 2 unspecified atom stereocenters. The van der Waals surface area contributed by atoms with Gasteiger partial charge in [-0.05, 0) is 102 Å². The fourth-order valence-electron chi connectivity index (χ4n) is 10.0. The van der Waals surface area contributed by atoms with Crippen molar-refractivity contribution in [1.29, 1.82) is 0 Å². The van der Waals surface area contributed by atoms with Gasteiger partial charge in [0.05, 0.1) is 43.0 Å². The first kappa shape index (κ1) is 42.6. The molecule has 3 aliphatic rings. The summed E-state index contributed by atoms with van der Waals surface area (Å²) in [5.74, 6) is 1.03. The lowest BCUT2D eigenvalue weighted by atomic mass is 9.90. The number of imidazole rings is 2. The van der Waals surface area contributed by atoms with Crippen molar-refractivity contribution in [1.82, 2.24) is 45.4 Å². The van der Waals surface area contributed by atoms with E-state index < -0.39 is 24.3 Å². The topological polar surface area (TPSA) is 197 Å². The van der Waals surface area contributed by atoms with Crippen LogP contribution in [0.15, 0.2) is 97.5 Å². The number of alkyl carbamates (subject to hydrolysis) is 2. The van der Waals surface area contributed by atoms with E-state index in [2.05, 4.69) is 86.2 Å². The molecule has 3 aromatic heterocycles. The number of nitrogens with one attached hydrogen (secondary N) is 4. The smallest absolute Gasteiger partial charge is 0.407 e. The van der Waals surface area contributed by atoms with Gasteiger partial charge >= 0.3 is 12.2 Å². The number of carbonyl (C=O) groups excluding carboxylic acids is 4. The molecule has 4 N–H and O–H groups in total. The summed E-state index contributed by atoms with van der Waals surface area (Å²) in [6.45, 7) is 2.23. The molecule has 6 heterocycles. The van der Waals surface area contributed by atoms with Crippen LogP contribution in [-0.2, 0) is 23.8 Å². The Morgan fingerprint density at radius 1 is 0.727 bits per heavy atom. The molecule has 0 saturated carbocycles. The highest BCUT2D eigenvalue weighted by atomic mass is 16.5. The molecule has 3 aliphatic heterocycles. The summed E-state index contributed by atoms with van der Waals surface area (Å²) in [4.78, 5) is 77.5. The molecular weight excluding hydrogens is 839 g/mol. The summed E-state index contributed by atoms with van der Waals surface area (Å²) < 4.78 is 15.3. The van der Waals surface area contributed by atoms with E-state index in [1.165, 1.54) is 14.2 Å². The minimum atomic E-state index is -0.948. The van der Waals surface area contributed by atoms with Gasteiger partial charge in [0.2, 0.25) is 5.91 Å². The summed E-state index contributed by atoms with van der Waals surface area (Å²) in [5.41, 5.74) is 6.21. The van der Waals surface area contributed by atoms with Gasteiger partial charge in [-0.15, -0.1) is 0 Å². The van der Waals surface area contributed by atoms with E-state index in [0.717, 1.165) is 86.5 Å². The van der Waals surface area contributed by atoms with Crippen LogP contribution in [0.4, 0.5) is 9.59 Å². The molecule has 0 spiro atoms. The monoisotopic (exact) mass is 889 g/mol. The third-order valence-electron chi connectivity index (χ3n) is 13.4. The fraction of sp³-hybridized carbons (Fsp3) is 0.340. The number of rotatable bonds is 10. The third-order valence-corrected chi connectivity index (χ3v) is 13.4. The summed E-state index contributed by atoms with van der Waals surface area (Å²) in [6.07, 6.45) is 8.28.